The van der Waals surface area contributed by atoms with Crippen LogP contribution < -0.4 is 0 Å². The highest BCUT2D eigenvalue weighted by Crippen LogP contribution is 2.13. The summed E-state index contributed by atoms with van der Waals surface area (Å²) in [6.07, 6.45) is 3.55. The summed E-state index contributed by atoms with van der Waals surface area (Å²) in [5.41, 5.74) is 0. The minimum absolute atomic E-state index is 0.0194. The molecule has 104 valence electrons. The lowest BCUT2D eigenvalue weighted by Crippen LogP contribution is -2.44. The highest BCUT2D eigenvalue weighted by molar-refractivity contribution is 7.98. The van der Waals surface area contributed by atoms with Crippen LogP contribution in [0.2, 0.25) is 0 Å². The zero-order valence-corrected chi connectivity index (χ0v) is 13.4. The Balaban J connectivity index is 4.46. The van der Waals surface area contributed by atoms with Crippen LogP contribution in [0.25, 0.3) is 0 Å². The fourth-order valence-corrected chi connectivity index (χ4v) is 3.37. The molecule has 0 spiro atoms. The van der Waals surface area contributed by atoms with Crippen LogP contribution in [0.15, 0.2) is 0 Å². The summed E-state index contributed by atoms with van der Waals surface area (Å²) in [7, 11) is -0.109. The molecule has 0 fully saturated rings. The van der Waals surface area contributed by atoms with Gasteiger partial charge in [-0.25, -0.2) is 0 Å². The second kappa shape index (κ2) is 8.58. The summed E-state index contributed by atoms with van der Waals surface area (Å²) >= 11 is 7.30. The maximum Gasteiger partial charge on any atom is 0.281 e. The molecule has 0 saturated heterocycles. The monoisotopic (exact) mass is 302 g/mol. The van der Waals surface area contributed by atoms with Gasteiger partial charge in [0.25, 0.3) is 10.2 Å². The normalized spacial score (nSPS) is 14.5. The number of thioether (sulfide) groups is 1. The molecule has 0 saturated carbocycles. The topological polar surface area (TPSA) is 40.6 Å². The second-order valence-electron chi connectivity index (χ2n) is 4.02. The average Bonchev–Trinajstić information content (AvgIpc) is 2.31. The van der Waals surface area contributed by atoms with Crippen LogP contribution in [0.5, 0.6) is 0 Å². The van der Waals surface area contributed by atoms with Crippen LogP contribution in [0.4, 0.5) is 0 Å². The molecule has 0 aromatic heterocycles. The average molecular weight is 303 g/mol. The summed E-state index contributed by atoms with van der Waals surface area (Å²) in [6, 6.07) is 0.0194. The molecule has 7 heteroatoms. The first-order chi connectivity index (χ1) is 7.87. The number of alkyl halides is 1. The van der Waals surface area contributed by atoms with E-state index in [1.807, 2.05) is 13.2 Å². The predicted octanol–water partition coefficient (Wildman–Crippen LogP) is 1.87. The first-order valence-corrected chi connectivity index (χ1v) is 8.94. The fourth-order valence-electron chi connectivity index (χ4n) is 1.32. The predicted molar refractivity (Wildman–Crippen MR) is 77.1 cm³/mol. The fraction of sp³-hybridized carbons (Fsp3) is 1.00. The number of nitrogens with zero attached hydrogens (tertiary/aromatic N) is 2. The van der Waals surface area contributed by atoms with Gasteiger partial charge in [-0.15, -0.1) is 11.6 Å². The van der Waals surface area contributed by atoms with E-state index in [1.165, 1.54) is 8.61 Å². The maximum absolute atomic E-state index is 12.1. The molecule has 0 bridgehead atoms. The van der Waals surface area contributed by atoms with Gasteiger partial charge in [0.15, 0.2) is 0 Å². The molecule has 0 amide bonds. The van der Waals surface area contributed by atoms with Crippen LogP contribution in [-0.4, -0.2) is 61.6 Å². The van der Waals surface area contributed by atoms with Crippen LogP contribution >= 0.6 is 23.4 Å². The SMILES string of the molecule is CSCCC(C)N(C)S(=O)(=O)N(C)CCCCl. The van der Waals surface area contributed by atoms with Gasteiger partial charge in [0.1, 0.15) is 0 Å². The lowest BCUT2D eigenvalue weighted by atomic mass is 10.3. The van der Waals surface area contributed by atoms with Crippen LogP contribution in [0, 0.1) is 0 Å². The van der Waals surface area contributed by atoms with Crippen LogP contribution in [0.1, 0.15) is 19.8 Å². The summed E-state index contributed by atoms with van der Waals surface area (Å²) in [6.45, 7) is 2.40. The van der Waals surface area contributed by atoms with Gasteiger partial charge in [-0.3, -0.25) is 0 Å². The minimum Gasteiger partial charge on any atom is -0.195 e. The maximum atomic E-state index is 12.1. The molecular formula is C10H23ClN2O2S2. The van der Waals surface area contributed by atoms with Gasteiger partial charge in [-0.2, -0.15) is 28.8 Å². The van der Waals surface area contributed by atoms with Crippen molar-refractivity contribution in [3.8, 4) is 0 Å². The van der Waals surface area contributed by atoms with Gasteiger partial charge in [0.2, 0.25) is 0 Å². The summed E-state index contributed by atoms with van der Waals surface area (Å²) in [4.78, 5) is 0. The molecule has 0 aliphatic heterocycles. The lowest BCUT2D eigenvalue weighted by Gasteiger charge is -2.28. The van der Waals surface area contributed by atoms with Crippen molar-refractivity contribution in [2.45, 2.75) is 25.8 Å². The number of hydrogen-bond acceptors (Lipinski definition) is 3. The third kappa shape index (κ3) is 5.79. The van der Waals surface area contributed by atoms with E-state index in [0.717, 1.165) is 12.2 Å². The minimum atomic E-state index is -3.34. The van der Waals surface area contributed by atoms with E-state index in [4.69, 9.17) is 11.6 Å². The quantitative estimate of drug-likeness (QED) is 0.611. The largest absolute Gasteiger partial charge is 0.281 e. The van der Waals surface area contributed by atoms with E-state index in [2.05, 4.69) is 0 Å². The molecule has 0 rings (SSSR count). The Kier molecular flexibility index (Phi) is 8.84. The standard InChI is InChI=1S/C10H23ClN2O2S2/c1-10(6-9-16-4)13(3)17(14,15)12(2)8-5-7-11/h10H,5-9H2,1-4H3. The van der Waals surface area contributed by atoms with Crippen LogP contribution in [-0.2, 0) is 10.2 Å². The van der Waals surface area contributed by atoms with E-state index in [-0.39, 0.29) is 6.04 Å². The Morgan fingerprint density at radius 1 is 1.35 bits per heavy atom. The molecule has 1 atom stereocenters. The van der Waals surface area contributed by atoms with Gasteiger partial charge >= 0.3 is 0 Å². The summed E-state index contributed by atoms with van der Waals surface area (Å²) in [5.74, 6) is 1.44. The summed E-state index contributed by atoms with van der Waals surface area (Å²) < 4.78 is 27.1. The van der Waals surface area contributed by atoms with Crippen molar-refractivity contribution in [2.75, 3.05) is 38.5 Å². The highest BCUT2D eigenvalue weighted by atomic mass is 35.5. The van der Waals surface area contributed by atoms with E-state index < -0.39 is 10.2 Å². The van der Waals surface area contributed by atoms with Crippen molar-refractivity contribution in [1.29, 1.82) is 0 Å². The Morgan fingerprint density at radius 2 is 1.94 bits per heavy atom. The van der Waals surface area contributed by atoms with Gasteiger partial charge in [0, 0.05) is 32.6 Å². The molecule has 0 aliphatic carbocycles. The highest BCUT2D eigenvalue weighted by Gasteiger charge is 2.26. The zero-order valence-electron chi connectivity index (χ0n) is 11.0. The van der Waals surface area contributed by atoms with E-state index in [9.17, 15) is 8.42 Å². The summed E-state index contributed by atoms with van der Waals surface area (Å²) in [5, 5.41) is 0. The van der Waals surface area contributed by atoms with Gasteiger partial charge in [-0.05, 0) is 31.8 Å². The molecule has 1 unspecified atom stereocenters. The smallest absolute Gasteiger partial charge is 0.195 e. The number of rotatable bonds is 9. The Hall–Kier alpha value is 0.510. The van der Waals surface area contributed by atoms with E-state index in [1.54, 1.807) is 25.9 Å². The van der Waals surface area contributed by atoms with Crippen LogP contribution in [0.3, 0.4) is 0 Å². The van der Waals surface area contributed by atoms with Crippen molar-refractivity contribution in [1.82, 2.24) is 8.61 Å². The third-order valence-electron chi connectivity index (χ3n) is 2.72. The van der Waals surface area contributed by atoms with E-state index in [0.29, 0.717) is 18.8 Å². The molecular weight excluding hydrogens is 280 g/mol. The van der Waals surface area contributed by atoms with Crippen molar-refractivity contribution in [2.24, 2.45) is 0 Å². The first kappa shape index (κ1) is 17.5. The van der Waals surface area contributed by atoms with Crippen molar-refractivity contribution >= 4 is 33.6 Å². The van der Waals surface area contributed by atoms with Gasteiger partial charge in [-0.1, -0.05) is 0 Å². The molecule has 0 radical (unpaired) electrons. The third-order valence-corrected chi connectivity index (χ3v) is 5.69. The first-order valence-electron chi connectivity index (χ1n) is 5.62. The second-order valence-corrected chi connectivity index (χ2v) is 7.48. The molecule has 0 heterocycles. The molecule has 0 N–H and O–H groups in total. The lowest BCUT2D eigenvalue weighted by molar-refractivity contribution is 0.340. The Bertz CT molecular complexity index is 299. The number of halogens is 1. The van der Waals surface area contributed by atoms with Gasteiger partial charge < -0.3 is 0 Å². The molecule has 0 aromatic carbocycles. The molecule has 0 aromatic rings. The van der Waals surface area contributed by atoms with Crippen molar-refractivity contribution < 1.29 is 8.42 Å². The molecule has 4 nitrogen and oxygen atoms in total. The van der Waals surface area contributed by atoms with Gasteiger partial charge in [0.05, 0.1) is 0 Å². The molecule has 17 heavy (non-hydrogen) atoms. The Labute approximate surface area is 115 Å². The Morgan fingerprint density at radius 3 is 2.41 bits per heavy atom. The van der Waals surface area contributed by atoms with Crippen molar-refractivity contribution in [3.63, 3.8) is 0 Å². The van der Waals surface area contributed by atoms with Crippen molar-refractivity contribution in [3.05, 3.63) is 0 Å². The molecule has 0 aliphatic rings. The van der Waals surface area contributed by atoms with E-state index >= 15 is 0 Å². The number of hydrogen-bond donors (Lipinski definition) is 0. The zero-order chi connectivity index (χ0) is 13.5.